The van der Waals surface area contributed by atoms with Crippen molar-refractivity contribution < 1.29 is 13.2 Å². The van der Waals surface area contributed by atoms with Gasteiger partial charge in [-0.1, -0.05) is 29.3 Å². The first-order valence-corrected chi connectivity index (χ1v) is 5.15. The Bertz CT molecular complexity index is 529. The van der Waals surface area contributed by atoms with Crippen LogP contribution in [-0.2, 0) is 6.18 Å². The van der Waals surface area contributed by atoms with E-state index in [1.165, 1.54) is 0 Å². The Labute approximate surface area is 101 Å². The largest absolute Gasteiger partial charge is 0.435 e. The Morgan fingerprint density at radius 2 is 1.76 bits per heavy atom. The van der Waals surface area contributed by atoms with E-state index in [4.69, 9.17) is 11.6 Å². The number of alkyl halides is 3. The highest BCUT2D eigenvalue weighted by molar-refractivity contribution is 6.29. The van der Waals surface area contributed by atoms with Crippen LogP contribution in [0.4, 0.5) is 13.2 Å². The van der Waals surface area contributed by atoms with E-state index in [-0.39, 0.29) is 5.15 Å². The van der Waals surface area contributed by atoms with Gasteiger partial charge in [-0.3, -0.25) is 0 Å². The number of benzene rings is 1. The summed E-state index contributed by atoms with van der Waals surface area (Å²) in [5, 5.41) is 3.37. The molecule has 2 rings (SSSR count). The molecule has 1 aromatic carbocycles. The van der Waals surface area contributed by atoms with Gasteiger partial charge >= 0.3 is 6.18 Å². The summed E-state index contributed by atoms with van der Waals surface area (Å²) in [6.45, 7) is 1.88. The summed E-state index contributed by atoms with van der Waals surface area (Å²) in [5.74, 6) is 0. The van der Waals surface area contributed by atoms with Gasteiger partial charge < -0.3 is 0 Å². The van der Waals surface area contributed by atoms with Gasteiger partial charge in [0.25, 0.3) is 0 Å². The van der Waals surface area contributed by atoms with Crippen molar-refractivity contribution >= 4 is 11.6 Å². The zero-order valence-corrected chi connectivity index (χ0v) is 9.55. The van der Waals surface area contributed by atoms with Crippen LogP contribution in [0.15, 0.2) is 30.3 Å². The van der Waals surface area contributed by atoms with Crippen molar-refractivity contribution in [2.24, 2.45) is 0 Å². The maximum atomic E-state index is 12.4. The lowest BCUT2D eigenvalue weighted by atomic mass is 10.2. The standard InChI is InChI=1S/C11H8ClF3N2/c1-7-2-4-8(5-3-7)17-10(12)6-9(16-17)11(13,14)15/h2-6H,1H3. The molecule has 0 fully saturated rings. The minimum atomic E-state index is -4.49. The highest BCUT2D eigenvalue weighted by atomic mass is 35.5. The molecule has 1 heterocycles. The zero-order chi connectivity index (χ0) is 12.6. The quantitative estimate of drug-likeness (QED) is 0.761. The summed E-state index contributed by atoms with van der Waals surface area (Å²) in [7, 11) is 0. The van der Waals surface area contributed by atoms with Crippen LogP contribution in [0.5, 0.6) is 0 Å². The van der Waals surface area contributed by atoms with Crippen LogP contribution >= 0.6 is 11.6 Å². The zero-order valence-electron chi connectivity index (χ0n) is 8.79. The molecule has 0 amide bonds. The van der Waals surface area contributed by atoms with Gasteiger partial charge in [0, 0.05) is 6.07 Å². The predicted molar refractivity (Wildman–Crippen MR) is 58.3 cm³/mol. The summed E-state index contributed by atoms with van der Waals surface area (Å²) in [6.07, 6.45) is -4.49. The molecule has 0 saturated carbocycles. The minimum Gasteiger partial charge on any atom is -0.222 e. The molecule has 0 radical (unpaired) electrons. The van der Waals surface area contributed by atoms with Crippen LogP contribution in [0.3, 0.4) is 0 Å². The maximum absolute atomic E-state index is 12.4. The molecule has 0 N–H and O–H groups in total. The maximum Gasteiger partial charge on any atom is 0.435 e. The Hall–Kier alpha value is -1.49. The number of rotatable bonds is 1. The fraction of sp³-hybridized carbons (Fsp3) is 0.182. The normalized spacial score (nSPS) is 11.8. The molecular formula is C11H8ClF3N2. The minimum absolute atomic E-state index is 0.0684. The number of nitrogens with zero attached hydrogens (tertiary/aromatic N) is 2. The van der Waals surface area contributed by atoms with Crippen molar-refractivity contribution in [2.75, 3.05) is 0 Å². The molecule has 0 unspecified atom stereocenters. The topological polar surface area (TPSA) is 17.8 Å². The highest BCUT2D eigenvalue weighted by Gasteiger charge is 2.34. The average Bonchev–Trinajstić information content (AvgIpc) is 2.61. The number of hydrogen-bond donors (Lipinski definition) is 0. The predicted octanol–water partition coefficient (Wildman–Crippen LogP) is 3.85. The summed E-state index contributed by atoms with van der Waals surface area (Å²) in [6, 6.07) is 7.69. The Kier molecular flexibility index (Phi) is 2.87. The Balaban J connectivity index is 2.46. The summed E-state index contributed by atoms with van der Waals surface area (Å²) in [5.41, 5.74) is 0.507. The van der Waals surface area contributed by atoms with Crippen LogP contribution in [0, 0.1) is 6.92 Å². The lowest BCUT2D eigenvalue weighted by Gasteiger charge is -2.04. The second-order valence-electron chi connectivity index (χ2n) is 3.60. The van der Waals surface area contributed by atoms with Gasteiger partial charge in [-0.2, -0.15) is 18.3 Å². The summed E-state index contributed by atoms with van der Waals surface area (Å²) < 4.78 is 38.3. The summed E-state index contributed by atoms with van der Waals surface area (Å²) in [4.78, 5) is 0. The highest BCUT2D eigenvalue weighted by Crippen LogP contribution is 2.30. The van der Waals surface area contributed by atoms with E-state index >= 15 is 0 Å². The van der Waals surface area contributed by atoms with Crippen LogP contribution in [0.2, 0.25) is 5.15 Å². The molecule has 0 spiro atoms. The second kappa shape index (κ2) is 4.07. The number of hydrogen-bond acceptors (Lipinski definition) is 1. The second-order valence-corrected chi connectivity index (χ2v) is 3.98. The molecule has 2 nitrogen and oxygen atoms in total. The van der Waals surface area contributed by atoms with E-state index in [1.54, 1.807) is 24.3 Å². The van der Waals surface area contributed by atoms with E-state index in [0.29, 0.717) is 5.69 Å². The lowest BCUT2D eigenvalue weighted by Crippen LogP contribution is -2.07. The molecule has 1 aromatic heterocycles. The van der Waals surface area contributed by atoms with E-state index < -0.39 is 11.9 Å². The monoisotopic (exact) mass is 260 g/mol. The molecule has 0 aliphatic rings. The van der Waals surface area contributed by atoms with Gasteiger partial charge in [-0.25, -0.2) is 4.68 Å². The molecule has 2 aromatic rings. The van der Waals surface area contributed by atoms with Crippen molar-refractivity contribution in [3.8, 4) is 5.69 Å². The van der Waals surface area contributed by atoms with Gasteiger partial charge in [0.2, 0.25) is 0 Å². The number of halogens is 4. The molecule has 0 atom stereocenters. The smallest absolute Gasteiger partial charge is 0.222 e. The molecule has 0 saturated heterocycles. The van der Waals surface area contributed by atoms with Gasteiger partial charge in [-0.15, -0.1) is 0 Å². The molecule has 17 heavy (non-hydrogen) atoms. The first kappa shape index (κ1) is 12.0. The third kappa shape index (κ3) is 2.44. The fourth-order valence-corrected chi connectivity index (χ4v) is 1.60. The van der Waals surface area contributed by atoms with Gasteiger partial charge in [0.15, 0.2) is 5.69 Å². The molecule has 6 heteroatoms. The van der Waals surface area contributed by atoms with Crippen LogP contribution in [0.1, 0.15) is 11.3 Å². The van der Waals surface area contributed by atoms with E-state index in [9.17, 15) is 13.2 Å². The van der Waals surface area contributed by atoms with Crippen LogP contribution < -0.4 is 0 Å². The SMILES string of the molecule is Cc1ccc(-n2nc(C(F)(F)F)cc2Cl)cc1. The van der Waals surface area contributed by atoms with Crippen molar-refractivity contribution in [2.45, 2.75) is 13.1 Å². The van der Waals surface area contributed by atoms with Gasteiger partial charge in [0.05, 0.1) is 5.69 Å². The molecule has 0 bridgehead atoms. The van der Waals surface area contributed by atoms with Crippen molar-refractivity contribution in [3.05, 3.63) is 46.7 Å². The molecule has 0 aliphatic carbocycles. The van der Waals surface area contributed by atoms with E-state index in [0.717, 1.165) is 16.3 Å². The van der Waals surface area contributed by atoms with Crippen molar-refractivity contribution in [1.29, 1.82) is 0 Å². The molecule has 0 aliphatic heterocycles. The fourth-order valence-electron chi connectivity index (χ4n) is 1.36. The third-order valence-corrected chi connectivity index (χ3v) is 2.50. The first-order valence-electron chi connectivity index (χ1n) is 4.78. The third-order valence-electron chi connectivity index (χ3n) is 2.23. The number of aromatic nitrogens is 2. The van der Waals surface area contributed by atoms with Crippen LogP contribution in [0.25, 0.3) is 5.69 Å². The first-order chi connectivity index (χ1) is 7.88. The Morgan fingerprint density at radius 1 is 1.18 bits per heavy atom. The van der Waals surface area contributed by atoms with E-state index in [1.807, 2.05) is 6.92 Å². The molecule has 90 valence electrons. The average molecular weight is 261 g/mol. The summed E-state index contributed by atoms with van der Waals surface area (Å²) >= 11 is 5.73. The Morgan fingerprint density at radius 3 is 2.24 bits per heavy atom. The van der Waals surface area contributed by atoms with Crippen molar-refractivity contribution in [1.82, 2.24) is 9.78 Å². The number of aryl methyl sites for hydroxylation is 1. The lowest BCUT2D eigenvalue weighted by molar-refractivity contribution is -0.141. The van der Waals surface area contributed by atoms with Crippen molar-refractivity contribution in [3.63, 3.8) is 0 Å². The van der Waals surface area contributed by atoms with Gasteiger partial charge in [-0.05, 0) is 19.1 Å². The van der Waals surface area contributed by atoms with Crippen LogP contribution in [-0.4, -0.2) is 9.78 Å². The molecular weight excluding hydrogens is 253 g/mol. The van der Waals surface area contributed by atoms with E-state index in [2.05, 4.69) is 5.10 Å². The van der Waals surface area contributed by atoms with Gasteiger partial charge in [0.1, 0.15) is 5.15 Å².